The van der Waals surface area contributed by atoms with E-state index in [1.165, 1.54) is 0 Å². The smallest absolute Gasteiger partial charge is 0.328 e. The Morgan fingerprint density at radius 3 is 2.81 bits per heavy atom. The van der Waals surface area contributed by atoms with Crippen LogP contribution >= 0.6 is 0 Å². The van der Waals surface area contributed by atoms with Crippen molar-refractivity contribution in [3.63, 3.8) is 0 Å². The molecule has 16 heavy (non-hydrogen) atoms. The Bertz CT molecular complexity index is 400. The average molecular weight is 220 g/mol. The summed E-state index contributed by atoms with van der Waals surface area (Å²) in [5.41, 5.74) is 0.807. The van der Waals surface area contributed by atoms with Gasteiger partial charge in [0.25, 0.3) is 0 Å². The second-order valence-electron chi connectivity index (χ2n) is 3.79. The van der Waals surface area contributed by atoms with E-state index < -0.39 is 5.97 Å². The molecule has 1 aromatic heterocycles. The van der Waals surface area contributed by atoms with Gasteiger partial charge in [0.05, 0.1) is 0 Å². The summed E-state index contributed by atoms with van der Waals surface area (Å²) in [5.74, 6) is -0.169. The fraction of sp³-hybridized carbons (Fsp3) is 0.333. The molecule has 0 fully saturated rings. The number of aliphatic carboxylic acids is 1. The number of pyridine rings is 1. The Morgan fingerprint density at radius 1 is 1.56 bits per heavy atom. The Balaban J connectivity index is 3.05. The summed E-state index contributed by atoms with van der Waals surface area (Å²) in [6, 6.07) is 3.95. The highest BCUT2D eigenvalue weighted by molar-refractivity contribution is 5.86. The molecule has 0 spiro atoms. The Kier molecular flexibility index (Phi) is 4.05. The maximum atomic E-state index is 10.5. The summed E-state index contributed by atoms with van der Waals surface area (Å²) in [6.45, 7) is 4.11. The third kappa shape index (κ3) is 3.08. The number of rotatable bonds is 4. The van der Waals surface area contributed by atoms with Crippen molar-refractivity contribution in [3.8, 4) is 0 Å². The normalized spacial score (nSPS) is 11.0. The van der Waals surface area contributed by atoms with Crippen molar-refractivity contribution < 1.29 is 9.90 Å². The molecule has 1 rings (SSSR count). The number of carbonyl (C=O) groups is 1. The molecule has 4 nitrogen and oxygen atoms in total. The van der Waals surface area contributed by atoms with Gasteiger partial charge in [0.1, 0.15) is 5.82 Å². The van der Waals surface area contributed by atoms with Crippen molar-refractivity contribution in [2.24, 2.45) is 0 Å². The summed E-state index contributed by atoms with van der Waals surface area (Å²) in [7, 11) is 1.94. The number of carboxylic acid groups (broad SMARTS) is 1. The molecular weight excluding hydrogens is 204 g/mol. The van der Waals surface area contributed by atoms with Crippen molar-refractivity contribution in [3.05, 3.63) is 30.0 Å². The van der Waals surface area contributed by atoms with E-state index in [4.69, 9.17) is 5.11 Å². The summed E-state index contributed by atoms with van der Waals surface area (Å²) in [6.07, 6.45) is 4.38. The fourth-order valence-electron chi connectivity index (χ4n) is 1.24. The van der Waals surface area contributed by atoms with Crippen LogP contribution in [0.2, 0.25) is 0 Å². The van der Waals surface area contributed by atoms with Crippen LogP contribution in [0.25, 0.3) is 6.08 Å². The van der Waals surface area contributed by atoms with E-state index in [0.717, 1.165) is 17.5 Å². The Labute approximate surface area is 95.2 Å². The van der Waals surface area contributed by atoms with Crippen LogP contribution in [-0.2, 0) is 4.79 Å². The van der Waals surface area contributed by atoms with E-state index in [0.29, 0.717) is 6.04 Å². The van der Waals surface area contributed by atoms with Crippen molar-refractivity contribution in [2.75, 3.05) is 11.9 Å². The lowest BCUT2D eigenvalue weighted by molar-refractivity contribution is -0.131. The Hall–Kier alpha value is -1.84. The highest BCUT2D eigenvalue weighted by Gasteiger charge is 2.09. The number of nitrogens with zero attached hydrogens (tertiary/aromatic N) is 2. The van der Waals surface area contributed by atoms with Crippen molar-refractivity contribution in [2.45, 2.75) is 19.9 Å². The van der Waals surface area contributed by atoms with Gasteiger partial charge in [0, 0.05) is 30.9 Å². The van der Waals surface area contributed by atoms with Gasteiger partial charge in [0.2, 0.25) is 0 Å². The zero-order valence-corrected chi connectivity index (χ0v) is 9.71. The highest BCUT2D eigenvalue weighted by atomic mass is 16.4. The molecule has 0 aliphatic rings. The number of carboxylic acids is 1. The second kappa shape index (κ2) is 5.30. The van der Waals surface area contributed by atoms with E-state index in [2.05, 4.69) is 18.8 Å². The highest BCUT2D eigenvalue weighted by Crippen LogP contribution is 2.19. The second-order valence-corrected chi connectivity index (χ2v) is 3.79. The van der Waals surface area contributed by atoms with Crippen molar-refractivity contribution in [1.82, 2.24) is 4.98 Å². The summed E-state index contributed by atoms with van der Waals surface area (Å²) in [4.78, 5) is 16.7. The van der Waals surface area contributed by atoms with Crippen molar-refractivity contribution in [1.29, 1.82) is 0 Å². The third-order valence-electron chi connectivity index (χ3n) is 2.33. The van der Waals surface area contributed by atoms with Gasteiger partial charge in [-0.3, -0.25) is 0 Å². The maximum Gasteiger partial charge on any atom is 0.328 e. The molecule has 1 aromatic rings. The molecule has 0 atom stereocenters. The first kappa shape index (κ1) is 12.2. The minimum Gasteiger partial charge on any atom is -0.478 e. The van der Waals surface area contributed by atoms with Crippen LogP contribution in [0.15, 0.2) is 24.4 Å². The van der Waals surface area contributed by atoms with Gasteiger partial charge < -0.3 is 10.0 Å². The van der Waals surface area contributed by atoms with Gasteiger partial charge in [0.15, 0.2) is 0 Å². The standard InChI is InChI=1S/C12H16N2O2/c1-9(2)14(3)12-10(5-4-8-13-12)6-7-11(15)16/h4-9H,1-3H3,(H,15,16)/b7-6+. The molecule has 4 heteroatoms. The van der Waals surface area contributed by atoms with E-state index in [1.807, 2.05) is 18.0 Å². The largest absolute Gasteiger partial charge is 0.478 e. The lowest BCUT2D eigenvalue weighted by atomic mass is 10.2. The summed E-state index contributed by atoms with van der Waals surface area (Å²) >= 11 is 0. The molecule has 0 saturated carbocycles. The predicted molar refractivity (Wildman–Crippen MR) is 64.4 cm³/mol. The van der Waals surface area contributed by atoms with Gasteiger partial charge in [-0.05, 0) is 32.1 Å². The fourth-order valence-corrected chi connectivity index (χ4v) is 1.24. The maximum absolute atomic E-state index is 10.5. The van der Waals surface area contributed by atoms with Crippen LogP contribution in [0.3, 0.4) is 0 Å². The molecule has 0 saturated heterocycles. The minimum atomic E-state index is -0.956. The number of aromatic nitrogens is 1. The zero-order valence-electron chi connectivity index (χ0n) is 9.71. The topological polar surface area (TPSA) is 53.4 Å². The lowest BCUT2D eigenvalue weighted by Gasteiger charge is -2.24. The van der Waals surface area contributed by atoms with Crippen LogP contribution in [0.4, 0.5) is 5.82 Å². The number of anilines is 1. The van der Waals surface area contributed by atoms with Crippen LogP contribution in [-0.4, -0.2) is 29.1 Å². The van der Waals surface area contributed by atoms with E-state index in [1.54, 1.807) is 18.3 Å². The average Bonchev–Trinajstić information content (AvgIpc) is 2.25. The van der Waals surface area contributed by atoms with Gasteiger partial charge in [-0.1, -0.05) is 0 Å². The SMILES string of the molecule is CC(C)N(C)c1ncccc1/C=C/C(=O)O. The summed E-state index contributed by atoms with van der Waals surface area (Å²) in [5, 5.41) is 8.59. The molecule has 0 aliphatic carbocycles. The molecule has 1 N–H and O–H groups in total. The minimum absolute atomic E-state index is 0.312. The van der Waals surface area contributed by atoms with Crippen LogP contribution in [0.5, 0.6) is 0 Å². The van der Waals surface area contributed by atoms with Crippen LogP contribution < -0.4 is 4.90 Å². The molecule has 0 aliphatic heterocycles. The Morgan fingerprint density at radius 2 is 2.25 bits per heavy atom. The van der Waals surface area contributed by atoms with Gasteiger partial charge >= 0.3 is 5.97 Å². The molecular formula is C12H16N2O2. The van der Waals surface area contributed by atoms with Crippen LogP contribution in [0.1, 0.15) is 19.4 Å². The van der Waals surface area contributed by atoms with E-state index >= 15 is 0 Å². The zero-order chi connectivity index (χ0) is 12.1. The number of hydrogen-bond donors (Lipinski definition) is 1. The first-order valence-electron chi connectivity index (χ1n) is 5.11. The molecule has 0 radical (unpaired) electrons. The van der Waals surface area contributed by atoms with E-state index in [-0.39, 0.29) is 0 Å². The molecule has 86 valence electrons. The van der Waals surface area contributed by atoms with Gasteiger partial charge in [-0.2, -0.15) is 0 Å². The van der Waals surface area contributed by atoms with Crippen LogP contribution in [0, 0.1) is 0 Å². The molecule has 0 unspecified atom stereocenters. The summed E-state index contributed by atoms with van der Waals surface area (Å²) < 4.78 is 0. The monoisotopic (exact) mass is 220 g/mol. The molecule has 0 aromatic carbocycles. The molecule has 1 heterocycles. The quantitative estimate of drug-likeness (QED) is 0.789. The first-order chi connectivity index (χ1) is 7.52. The third-order valence-corrected chi connectivity index (χ3v) is 2.33. The van der Waals surface area contributed by atoms with E-state index in [9.17, 15) is 4.79 Å². The molecule has 0 amide bonds. The van der Waals surface area contributed by atoms with Crippen molar-refractivity contribution >= 4 is 17.9 Å². The number of hydrogen-bond acceptors (Lipinski definition) is 3. The first-order valence-corrected chi connectivity index (χ1v) is 5.11. The molecule has 0 bridgehead atoms. The predicted octanol–water partition coefficient (Wildman–Crippen LogP) is 2.02. The lowest BCUT2D eigenvalue weighted by Crippen LogP contribution is -2.27. The van der Waals surface area contributed by atoms with Gasteiger partial charge in [-0.15, -0.1) is 0 Å². The van der Waals surface area contributed by atoms with Gasteiger partial charge in [-0.25, -0.2) is 9.78 Å².